The molecule has 110 valence electrons. The Labute approximate surface area is 120 Å². The molecule has 1 fully saturated rings. The van der Waals surface area contributed by atoms with Gasteiger partial charge in [0.25, 0.3) is 5.91 Å². The third-order valence-corrected chi connectivity index (χ3v) is 3.97. The summed E-state index contributed by atoms with van der Waals surface area (Å²) in [6.07, 6.45) is 4.10. The van der Waals surface area contributed by atoms with Crippen molar-refractivity contribution in [3.63, 3.8) is 0 Å². The van der Waals surface area contributed by atoms with Crippen LogP contribution in [0.5, 0.6) is 0 Å². The van der Waals surface area contributed by atoms with Gasteiger partial charge in [0, 0.05) is 12.6 Å². The van der Waals surface area contributed by atoms with Crippen molar-refractivity contribution in [3.8, 4) is 0 Å². The molecular formula is C16H23FN2O. The van der Waals surface area contributed by atoms with Gasteiger partial charge in [0.1, 0.15) is 5.82 Å². The van der Waals surface area contributed by atoms with Gasteiger partial charge < -0.3 is 10.2 Å². The number of piperidine rings is 1. The van der Waals surface area contributed by atoms with Crippen LogP contribution in [0.3, 0.4) is 0 Å². The van der Waals surface area contributed by atoms with E-state index in [1.54, 1.807) is 12.1 Å². The number of likely N-dealkylation sites (tertiary alicyclic amines) is 1. The average molecular weight is 278 g/mol. The Morgan fingerprint density at radius 2 is 2.25 bits per heavy atom. The van der Waals surface area contributed by atoms with Crippen molar-refractivity contribution >= 4 is 5.91 Å². The van der Waals surface area contributed by atoms with Crippen molar-refractivity contribution in [3.05, 3.63) is 35.1 Å². The molecule has 1 heterocycles. The standard InChI is InChI=1S/C16H23FN2O/c1-12-6-7-14(15(17)11-12)16(20)19-10-4-3-5-13(19)8-9-18-2/h6-7,11,13,18H,3-5,8-10H2,1-2H3. The van der Waals surface area contributed by atoms with Gasteiger partial charge in [0.2, 0.25) is 0 Å². The quantitative estimate of drug-likeness (QED) is 0.918. The molecule has 1 amide bonds. The number of benzene rings is 1. The second-order valence-electron chi connectivity index (χ2n) is 5.52. The van der Waals surface area contributed by atoms with Gasteiger partial charge in [-0.2, -0.15) is 0 Å². The second-order valence-corrected chi connectivity index (χ2v) is 5.52. The van der Waals surface area contributed by atoms with Gasteiger partial charge in [-0.05, 0) is 63.9 Å². The number of rotatable bonds is 4. The van der Waals surface area contributed by atoms with Crippen LogP contribution in [0.4, 0.5) is 4.39 Å². The van der Waals surface area contributed by atoms with Crippen LogP contribution >= 0.6 is 0 Å². The Morgan fingerprint density at radius 3 is 2.95 bits per heavy atom. The zero-order chi connectivity index (χ0) is 14.5. The zero-order valence-corrected chi connectivity index (χ0v) is 12.3. The fourth-order valence-electron chi connectivity index (χ4n) is 2.83. The highest BCUT2D eigenvalue weighted by molar-refractivity contribution is 5.94. The number of carbonyl (C=O) groups is 1. The molecule has 1 aromatic carbocycles. The van der Waals surface area contributed by atoms with E-state index in [9.17, 15) is 9.18 Å². The zero-order valence-electron chi connectivity index (χ0n) is 12.3. The molecule has 1 saturated heterocycles. The van der Waals surface area contributed by atoms with Gasteiger partial charge in [0.15, 0.2) is 0 Å². The van der Waals surface area contributed by atoms with Crippen LogP contribution in [0.1, 0.15) is 41.6 Å². The van der Waals surface area contributed by atoms with E-state index < -0.39 is 5.82 Å². The highest BCUT2D eigenvalue weighted by Gasteiger charge is 2.28. The minimum atomic E-state index is -0.409. The van der Waals surface area contributed by atoms with E-state index in [-0.39, 0.29) is 17.5 Å². The first-order valence-corrected chi connectivity index (χ1v) is 7.35. The highest BCUT2D eigenvalue weighted by Crippen LogP contribution is 2.23. The fraction of sp³-hybridized carbons (Fsp3) is 0.562. The van der Waals surface area contributed by atoms with E-state index in [0.717, 1.165) is 44.3 Å². The van der Waals surface area contributed by atoms with Gasteiger partial charge >= 0.3 is 0 Å². The summed E-state index contributed by atoms with van der Waals surface area (Å²) in [5, 5.41) is 3.12. The van der Waals surface area contributed by atoms with Crippen LogP contribution in [0.15, 0.2) is 18.2 Å². The minimum absolute atomic E-state index is 0.164. The number of carbonyl (C=O) groups excluding carboxylic acids is 1. The highest BCUT2D eigenvalue weighted by atomic mass is 19.1. The molecule has 0 aromatic heterocycles. The van der Waals surface area contributed by atoms with E-state index in [1.165, 1.54) is 6.07 Å². The predicted octanol–water partition coefficient (Wildman–Crippen LogP) is 2.74. The van der Waals surface area contributed by atoms with Crippen molar-refractivity contribution in [1.82, 2.24) is 10.2 Å². The number of nitrogens with one attached hydrogen (secondary N) is 1. The molecule has 20 heavy (non-hydrogen) atoms. The molecule has 0 radical (unpaired) electrons. The number of amides is 1. The van der Waals surface area contributed by atoms with Crippen molar-refractivity contribution < 1.29 is 9.18 Å². The van der Waals surface area contributed by atoms with E-state index in [2.05, 4.69) is 5.32 Å². The number of halogens is 1. The van der Waals surface area contributed by atoms with Crippen molar-refractivity contribution in [2.24, 2.45) is 0 Å². The van der Waals surface area contributed by atoms with Gasteiger partial charge in [-0.25, -0.2) is 4.39 Å². The Morgan fingerprint density at radius 1 is 1.45 bits per heavy atom. The number of hydrogen-bond donors (Lipinski definition) is 1. The Kier molecular flexibility index (Phi) is 5.12. The summed E-state index contributed by atoms with van der Waals surface area (Å²) in [7, 11) is 1.91. The number of hydrogen-bond acceptors (Lipinski definition) is 2. The first-order valence-electron chi connectivity index (χ1n) is 7.35. The summed E-state index contributed by atoms with van der Waals surface area (Å²) in [6, 6.07) is 5.06. The lowest BCUT2D eigenvalue weighted by molar-refractivity contribution is 0.0598. The smallest absolute Gasteiger partial charge is 0.257 e. The van der Waals surface area contributed by atoms with Crippen LogP contribution < -0.4 is 5.32 Å². The lowest BCUT2D eigenvalue weighted by Gasteiger charge is -2.36. The lowest BCUT2D eigenvalue weighted by atomic mass is 9.98. The van der Waals surface area contributed by atoms with Gasteiger partial charge in [0.05, 0.1) is 5.56 Å². The average Bonchev–Trinajstić information content (AvgIpc) is 2.45. The van der Waals surface area contributed by atoms with Gasteiger partial charge in [-0.1, -0.05) is 6.07 Å². The summed E-state index contributed by atoms with van der Waals surface area (Å²) in [5.41, 5.74) is 1.04. The number of aryl methyl sites for hydroxylation is 1. The monoisotopic (exact) mass is 278 g/mol. The summed E-state index contributed by atoms with van der Waals surface area (Å²) in [6.45, 7) is 3.44. The molecule has 0 bridgehead atoms. The third kappa shape index (κ3) is 3.37. The first kappa shape index (κ1) is 15.0. The molecule has 1 aliphatic rings. The van der Waals surface area contributed by atoms with Crippen LogP contribution in [-0.2, 0) is 0 Å². The van der Waals surface area contributed by atoms with E-state index in [0.29, 0.717) is 0 Å². The summed E-state index contributed by atoms with van der Waals surface area (Å²) < 4.78 is 14.0. The summed E-state index contributed by atoms with van der Waals surface area (Å²) in [5.74, 6) is -0.573. The molecule has 0 spiro atoms. The van der Waals surface area contributed by atoms with E-state index in [1.807, 2.05) is 18.9 Å². The van der Waals surface area contributed by atoms with Crippen molar-refractivity contribution in [2.75, 3.05) is 20.1 Å². The predicted molar refractivity (Wildman–Crippen MR) is 78.4 cm³/mol. The molecule has 2 rings (SSSR count). The maximum Gasteiger partial charge on any atom is 0.257 e. The molecule has 0 saturated carbocycles. The van der Waals surface area contributed by atoms with E-state index >= 15 is 0 Å². The van der Waals surface area contributed by atoms with Gasteiger partial charge in [-0.3, -0.25) is 4.79 Å². The summed E-state index contributed by atoms with van der Waals surface area (Å²) in [4.78, 5) is 14.4. The Balaban J connectivity index is 2.16. The second kappa shape index (κ2) is 6.84. The minimum Gasteiger partial charge on any atom is -0.336 e. The summed E-state index contributed by atoms with van der Waals surface area (Å²) >= 11 is 0. The van der Waals surface area contributed by atoms with Crippen molar-refractivity contribution in [2.45, 2.75) is 38.6 Å². The molecule has 4 heteroatoms. The molecule has 1 aromatic rings. The third-order valence-electron chi connectivity index (χ3n) is 3.97. The maximum absolute atomic E-state index is 14.0. The fourth-order valence-corrected chi connectivity index (χ4v) is 2.83. The largest absolute Gasteiger partial charge is 0.336 e. The molecule has 1 N–H and O–H groups in total. The molecule has 0 aliphatic carbocycles. The Bertz CT molecular complexity index is 476. The normalized spacial score (nSPS) is 19.1. The topological polar surface area (TPSA) is 32.3 Å². The SMILES string of the molecule is CNCCC1CCCCN1C(=O)c1ccc(C)cc1F. The van der Waals surface area contributed by atoms with E-state index in [4.69, 9.17) is 0 Å². The lowest BCUT2D eigenvalue weighted by Crippen LogP contribution is -2.45. The molecule has 3 nitrogen and oxygen atoms in total. The Hall–Kier alpha value is -1.42. The number of nitrogens with zero attached hydrogens (tertiary/aromatic N) is 1. The first-order chi connectivity index (χ1) is 9.63. The van der Waals surface area contributed by atoms with Gasteiger partial charge in [-0.15, -0.1) is 0 Å². The molecule has 1 aliphatic heterocycles. The van der Waals surface area contributed by atoms with Crippen molar-refractivity contribution in [1.29, 1.82) is 0 Å². The van der Waals surface area contributed by atoms with Crippen LogP contribution in [0.2, 0.25) is 0 Å². The maximum atomic E-state index is 14.0. The molecule has 1 unspecified atom stereocenters. The molecular weight excluding hydrogens is 255 g/mol. The van der Waals surface area contributed by atoms with Crippen LogP contribution in [-0.4, -0.2) is 37.0 Å². The van der Waals surface area contributed by atoms with Crippen LogP contribution in [0.25, 0.3) is 0 Å². The van der Waals surface area contributed by atoms with Crippen LogP contribution in [0, 0.1) is 12.7 Å². The molecule has 1 atom stereocenters.